The number of hydrogen-bond acceptors (Lipinski definition) is 3. The van der Waals surface area contributed by atoms with E-state index in [1.165, 1.54) is 0 Å². The van der Waals surface area contributed by atoms with Crippen molar-refractivity contribution >= 4 is 11.6 Å². The molecule has 0 saturated carbocycles. The second kappa shape index (κ2) is 5.71. The molecular formula is C13H18ClNO2. The molecule has 1 aliphatic rings. The van der Waals surface area contributed by atoms with Crippen molar-refractivity contribution in [3.8, 4) is 5.75 Å². The molecule has 4 heteroatoms. The Morgan fingerprint density at radius 3 is 3.00 bits per heavy atom. The second-order valence-corrected chi connectivity index (χ2v) is 4.87. The average Bonchev–Trinajstić information content (AvgIpc) is 2.39. The predicted octanol–water partition coefficient (Wildman–Crippen LogP) is 2.38. The number of piperidine rings is 1. The van der Waals surface area contributed by atoms with Crippen LogP contribution in [0.15, 0.2) is 18.2 Å². The summed E-state index contributed by atoms with van der Waals surface area (Å²) < 4.78 is 5.27. The zero-order chi connectivity index (χ0) is 12.3. The topological polar surface area (TPSA) is 41.5 Å². The van der Waals surface area contributed by atoms with Crippen molar-refractivity contribution in [2.75, 3.05) is 20.2 Å². The predicted molar refractivity (Wildman–Crippen MR) is 68.6 cm³/mol. The maximum Gasteiger partial charge on any atom is 0.124 e. The molecule has 1 aromatic rings. The van der Waals surface area contributed by atoms with Crippen molar-refractivity contribution < 1.29 is 9.84 Å². The van der Waals surface area contributed by atoms with E-state index in [1.807, 2.05) is 0 Å². The van der Waals surface area contributed by atoms with Crippen LogP contribution in [0.25, 0.3) is 0 Å². The van der Waals surface area contributed by atoms with Crippen molar-refractivity contribution in [1.29, 1.82) is 0 Å². The maximum absolute atomic E-state index is 10.4. The number of halogens is 1. The van der Waals surface area contributed by atoms with Gasteiger partial charge in [-0.3, -0.25) is 0 Å². The highest BCUT2D eigenvalue weighted by Crippen LogP contribution is 2.34. The van der Waals surface area contributed by atoms with Gasteiger partial charge in [-0.1, -0.05) is 11.6 Å². The smallest absolute Gasteiger partial charge is 0.124 e. The fraction of sp³-hybridized carbons (Fsp3) is 0.538. The van der Waals surface area contributed by atoms with Gasteiger partial charge in [-0.05, 0) is 37.6 Å². The van der Waals surface area contributed by atoms with E-state index in [1.54, 1.807) is 25.3 Å². The second-order valence-electron chi connectivity index (χ2n) is 4.44. The van der Waals surface area contributed by atoms with E-state index in [9.17, 15) is 5.11 Å². The lowest BCUT2D eigenvalue weighted by Crippen LogP contribution is -2.33. The van der Waals surface area contributed by atoms with Gasteiger partial charge in [0.2, 0.25) is 0 Å². The van der Waals surface area contributed by atoms with Crippen LogP contribution in [0.3, 0.4) is 0 Å². The van der Waals surface area contributed by atoms with Crippen LogP contribution in [-0.4, -0.2) is 25.3 Å². The van der Waals surface area contributed by atoms with Crippen LogP contribution in [0.2, 0.25) is 5.02 Å². The summed E-state index contributed by atoms with van der Waals surface area (Å²) in [6.07, 6.45) is 1.62. The zero-order valence-electron chi connectivity index (χ0n) is 9.95. The van der Waals surface area contributed by atoms with E-state index in [-0.39, 0.29) is 5.92 Å². The van der Waals surface area contributed by atoms with Crippen molar-refractivity contribution in [3.63, 3.8) is 0 Å². The summed E-state index contributed by atoms with van der Waals surface area (Å²) in [4.78, 5) is 0. The number of methoxy groups -OCH3 is 1. The van der Waals surface area contributed by atoms with Crippen LogP contribution < -0.4 is 10.1 Å². The average molecular weight is 256 g/mol. The molecule has 1 aliphatic heterocycles. The lowest BCUT2D eigenvalue weighted by atomic mass is 9.89. The van der Waals surface area contributed by atoms with Crippen LogP contribution in [0.4, 0.5) is 0 Å². The SMILES string of the molecule is COc1ccc(Cl)cc1C(O)C1CCCNC1. The summed E-state index contributed by atoms with van der Waals surface area (Å²) in [6, 6.07) is 5.37. The van der Waals surface area contributed by atoms with E-state index < -0.39 is 6.10 Å². The third kappa shape index (κ3) is 2.92. The first kappa shape index (κ1) is 12.7. The minimum Gasteiger partial charge on any atom is -0.496 e. The normalized spacial score (nSPS) is 22.2. The molecule has 1 fully saturated rings. The van der Waals surface area contributed by atoms with Gasteiger partial charge in [0, 0.05) is 23.0 Å². The number of hydrogen-bond donors (Lipinski definition) is 2. The van der Waals surface area contributed by atoms with Gasteiger partial charge in [0.05, 0.1) is 13.2 Å². The largest absolute Gasteiger partial charge is 0.496 e. The maximum atomic E-state index is 10.4. The lowest BCUT2D eigenvalue weighted by molar-refractivity contribution is 0.0897. The molecule has 1 heterocycles. The molecule has 0 radical (unpaired) electrons. The van der Waals surface area contributed by atoms with Gasteiger partial charge in [0.25, 0.3) is 0 Å². The standard InChI is InChI=1S/C13H18ClNO2/c1-17-12-5-4-10(14)7-11(12)13(16)9-3-2-6-15-8-9/h4-5,7,9,13,15-16H,2-3,6,8H2,1H3. The van der Waals surface area contributed by atoms with E-state index in [0.29, 0.717) is 10.8 Å². The first-order valence-electron chi connectivity index (χ1n) is 5.94. The highest BCUT2D eigenvalue weighted by atomic mass is 35.5. The molecule has 2 N–H and O–H groups in total. The van der Waals surface area contributed by atoms with E-state index in [0.717, 1.165) is 31.5 Å². The van der Waals surface area contributed by atoms with Crippen molar-refractivity contribution in [2.45, 2.75) is 18.9 Å². The van der Waals surface area contributed by atoms with Crippen LogP contribution >= 0.6 is 11.6 Å². The number of rotatable bonds is 3. The van der Waals surface area contributed by atoms with Crippen molar-refractivity contribution in [1.82, 2.24) is 5.32 Å². The minimum atomic E-state index is -0.517. The Hall–Kier alpha value is -0.770. The van der Waals surface area contributed by atoms with Gasteiger partial charge < -0.3 is 15.2 Å². The first-order chi connectivity index (χ1) is 8.22. The summed E-state index contributed by atoms with van der Waals surface area (Å²) >= 11 is 5.97. The molecular weight excluding hydrogens is 238 g/mol. The molecule has 2 atom stereocenters. The zero-order valence-corrected chi connectivity index (χ0v) is 10.7. The summed E-state index contributed by atoms with van der Waals surface area (Å²) in [6.45, 7) is 1.88. The number of nitrogens with one attached hydrogen (secondary N) is 1. The monoisotopic (exact) mass is 255 g/mol. The molecule has 3 nitrogen and oxygen atoms in total. The summed E-state index contributed by atoms with van der Waals surface area (Å²) in [7, 11) is 1.61. The number of aliphatic hydroxyl groups excluding tert-OH is 1. The highest BCUT2D eigenvalue weighted by Gasteiger charge is 2.25. The van der Waals surface area contributed by atoms with E-state index in [2.05, 4.69) is 5.32 Å². The molecule has 0 spiro atoms. The first-order valence-corrected chi connectivity index (χ1v) is 6.32. The molecule has 2 rings (SSSR count). The van der Waals surface area contributed by atoms with Gasteiger partial charge in [-0.25, -0.2) is 0 Å². The summed E-state index contributed by atoms with van der Waals surface area (Å²) in [5.41, 5.74) is 0.786. The van der Waals surface area contributed by atoms with Crippen LogP contribution in [-0.2, 0) is 0 Å². The Morgan fingerprint density at radius 2 is 2.35 bits per heavy atom. The van der Waals surface area contributed by atoms with E-state index >= 15 is 0 Å². The van der Waals surface area contributed by atoms with Gasteiger partial charge >= 0.3 is 0 Å². The lowest BCUT2D eigenvalue weighted by Gasteiger charge is -2.28. The molecule has 1 aromatic carbocycles. The molecule has 2 unspecified atom stereocenters. The summed E-state index contributed by atoms with van der Waals surface area (Å²) in [5, 5.41) is 14.3. The molecule has 0 aliphatic carbocycles. The van der Waals surface area contributed by atoms with Gasteiger partial charge in [-0.2, -0.15) is 0 Å². The molecule has 0 bridgehead atoms. The van der Waals surface area contributed by atoms with Crippen LogP contribution in [0, 0.1) is 5.92 Å². The molecule has 17 heavy (non-hydrogen) atoms. The van der Waals surface area contributed by atoms with Crippen molar-refractivity contribution in [2.24, 2.45) is 5.92 Å². The third-order valence-corrected chi connectivity index (χ3v) is 3.53. The van der Waals surface area contributed by atoms with Crippen LogP contribution in [0.1, 0.15) is 24.5 Å². The number of benzene rings is 1. The fourth-order valence-electron chi connectivity index (χ4n) is 2.34. The van der Waals surface area contributed by atoms with Crippen molar-refractivity contribution in [3.05, 3.63) is 28.8 Å². The van der Waals surface area contributed by atoms with E-state index in [4.69, 9.17) is 16.3 Å². The highest BCUT2D eigenvalue weighted by molar-refractivity contribution is 6.30. The third-order valence-electron chi connectivity index (χ3n) is 3.29. The fourth-order valence-corrected chi connectivity index (χ4v) is 2.52. The molecule has 94 valence electrons. The Kier molecular flexibility index (Phi) is 4.26. The summed E-state index contributed by atoms with van der Waals surface area (Å²) in [5.74, 6) is 0.934. The Morgan fingerprint density at radius 1 is 1.53 bits per heavy atom. The number of aliphatic hydroxyl groups is 1. The Labute approximate surface area is 107 Å². The molecule has 0 amide bonds. The minimum absolute atomic E-state index is 0.233. The van der Waals surface area contributed by atoms with Gasteiger partial charge in [0.15, 0.2) is 0 Å². The number of ether oxygens (including phenoxy) is 1. The molecule has 0 aromatic heterocycles. The van der Waals surface area contributed by atoms with Gasteiger partial charge in [0.1, 0.15) is 5.75 Å². The van der Waals surface area contributed by atoms with Crippen LogP contribution in [0.5, 0.6) is 5.75 Å². The Balaban J connectivity index is 2.21. The quantitative estimate of drug-likeness (QED) is 0.872. The van der Waals surface area contributed by atoms with Gasteiger partial charge in [-0.15, -0.1) is 0 Å². The Bertz CT molecular complexity index is 378. The molecule has 1 saturated heterocycles.